The number of hydrogen-bond donors (Lipinski definition) is 3. The molecule has 1 fully saturated rings. The van der Waals surface area contributed by atoms with Crippen molar-refractivity contribution >= 4 is 34.5 Å². The zero-order valence-electron chi connectivity index (χ0n) is 19.6. The summed E-state index contributed by atoms with van der Waals surface area (Å²) in [6.07, 6.45) is 0. The van der Waals surface area contributed by atoms with Crippen LogP contribution < -0.4 is 16.0 Å². The molecule has 3 N–H and O–H groups in total. The SMILES string of the molecule is COC(=O)c1ccc2c(c1)NC(=O)/C2=C(\Nc1ccc(CN2CCNCC2)cc1)c1ccccc1. The van der Waals surface area contributed by atoms with Gasteiger partial charge in [-0.3, -0.25) is 9.69 Å². The van der Waals surface area contributed by atoms with Crippen LogP contribution in [0, 0.1) is 0 Å². The first-order valence-corrected chi connectivity index (χ1v) is 11.8. The van der Waals surface area contributed by atoms with Crippen LogP contribution in [0.1, 0.15) is 27.0 Å². The van der Waals surface area contributed by atoms with Crippen LogP contribution in [-0.4, -0.2) is 50.1 Å². The molecule has 0 spiro atoms. The van der Waals surface area contributed by atoms with E-state index in [0.717, 1.165) is 49.5 Å². The summed E-state index contributed by atoms with van der Waals surface area (Å²) >= 11 is 0. The number of nitrogens with zero attached hydrogens (tertiary/aromatic N) is 1. The monoisotopic (exact) mass is 468 g/mol. The maximum Gasteiger partial charge on any atom is 0.337 e. The van der Waals surface area contributed by atoms with Gasteiger partial charge in [-0.15, -0.1) is 0 Å². The molecule has 7 nitrogen and oxygen atoms in total. The molecule has 3 aromatic rings. The summed E-state index contributed by atoms with van der Waals surface area (Å²) in [7, 11) is 1.34. The second-order valence-corrected chi connectivity index (χ2v) is 8.67. The largest absolute Gasteiger partial charge is 0.465 e. The Morgan fingerprint density at radius 1 is 0.971 bits per heavy atom. The Labute approximate surface area is 204 Å². The number of esters is 1. The molecule has 2 aliphatic heterocycles. The minimum atomic E-state index is -0.443. The molecule has 178 valence electrons. The summed E-state index contributed by atoms with van der Waals surface area (Å²) in [5.74, 6) is -0.662. The van der Waals surface area contributed by atoms with E-state index in [1.165, 1.54) is 12.7 Å². The van der Waals surface area contributed by atoms with Gasteiger partial charge in [-0.2, -0.15) is 0 Å². The van der Waals surface area contributed by atoms with Gasteiger partial charge in [0.1, 0.15) is 0 Å². The van der Waals surface area contributed by atoms with Gasteiger partial charge in [0.05, 0.1) is 29.6 Å². The smallest absolute Gasteiger partial charge is 0.337 e. The van der Waals surface area contributed by atoms with Gasteiger partial charge >= 0.3 is 5.97 Å². The zero-order chi connectivity index (χ0) is 24.2. The summed E-state index contributed by atoms with van der Waals surface area (Å²) < 4.78 is 4.82. The lowest BCUT2D eigenvalue weighted by Crippen LogP contribution is -2.42. The van der Waals surface area contributed by atoms with Gasteiger partial charge in [-0.1, -0.05) is 48.5 Å². The molecule has 7 heteroatoms. The fourth-order valence-electron chi connectivity index (χ4n) is 4.51. The van der Waals surface area contributed by atoms with Crippen LogP contribution in [0.25, 0.3) is 11.3 Å². The molecule has 3 aromatic carbocycles. The van der Waals surface area contributed by atoms with Crippen LogP contribution in [0.4, 0.5) is 11.4 Å². The molecule has 2 aliphatic rings. The third-order valence-electron chi connectivity index (χ3n) is 6.34. The minimum absolute atomic E-state index is 0.219. The summed E-state index contributed by atoms with van der Waals surface area (Å²) in [5, 5.41) is 9.78. The molecule has 0 unspecified atom stereocenters. The second kappa shape index (κ2) is 10.1. The summed E-state index contributed by atoms with van der Waals surface area (Å²) in [4.78, 5) is 27.5. The molecule has 0 radical (unpaired) electrons. The Hall–Kier alpha value is -3.94. The van der Waals surface area contributed by atoms with Gasteiger partial charge in [0, 0.05) is 44.0 Å². The number of fused-ring (bicyclic) bond motifs is 1. The Balaban J connectivity index is 1.48. The van der Waals surface area contributed by atoms with Crippen molar-refractivity contribution in [3.8, 4) is 0 Å². The number of carbonyl (C=O) groups is 2. The van der Waals surface area contributed by atoms with Crippen molar-refractivity contribution in [2.24, 2.45) is 0 Å². The van der Waals surface area contributed by atoms with E-state index in [2.05, 4.69) is 45.1 Å². The molecule has 1 amide bonds. The fraction of sp³-hybridized carbons (Fsp3) is 0.214. The van der Waals surface area contributed by atoms with Crippen molar-refractivity contribution in [3.05, 3.63) is 95.1 Å². The fourth-order valence-corrected chi connectivity index (χ4v) is 4.51. The van der Waals surface area contributed by atoms with Gasteiger partial charge in [-0.05, 0) is 35.4 Å². The van der Waals surface area contributed by atoms with Gasteiger partial charge in [0.2, 0.25) is 0 Å². The maximum atomic E-state index is 13.1. The maximum absolute atomic E-state index is 13.1. The topological polar surface area (TPSA) is 82.7 Å². The number of piperazine rings is 1. The molecular formula is C28H28N4O3. The summed E-state index contributed by atoms with van der Waals surface area (Å²) in [5.41, 5.74) is 6.02. The first kappa shape index (κ1) is 22.8. The standard InChI is InChI=1S/C28H28N4O3/c1-35-28(34)21-9-12-23-24(17-21)31-27(33)25(23)26(20-5-3-2-4-6-20)30-22-10-7-19(8-11-22)18-32-15-13-29-14-16-32/h2-12,17,29-30H,13-16,18H2,1H3,(H,31,33)/b26-25-. The molecule has 35 heavy (non-hydrogen) atoms. The van der Waals surface area contributed by atoms with E-state index in [0.29, 0.717) is 22.5 Å². The van der Waals surface area contributed by atoms with Gasteiger partial charge in [0.15, 0.2) is 0 Å². The number of ether oxygens (including phenoxy) is 1. The van der Waals surface area contributed by atoms with Crippen molar-refractivity contribution in [2.75, 3.05) is 43.9 Å². The first-order valence-electron chi connectivity index (χ1n) is 11.8. The minimum Gasteiger partial charge on any atom is -0.465 e. The molecular weight excluding hydrogens is 440 g/mol. The number of rotatable bonds is 6. The van der Waals surface area contributed by atoms with Crippen LogP contribution in [-0.2, 0) is 16.1 Å². The zero-order valence-corrected chi connectivity index (χ0v) is 19.6. The van der Waals surface area contributed by atoms with E-state index in [1.54, 1.807) is 18.2 Å². The number of anilines is 2. The van der Waals surface area contributed by atoms with E-state index in [9.17, 15) is 9.59 Å². The van der Waals surface area contributed by atoms with Gasteiger partial charge < -0.3 is 20.7 Å². The average Bonchev–Trinajstić information content (AvgIpc) is 3.23. The Bertz CT molecular complexity index is 1260. The van der Waals surface area contributed by atoms with Crippen LogP contribution in [0.2, 0.25) is 0 Å². The molecule has 0 aromatic heterocycles. The molecule has 2 heterocycles. The van der Waals surface area contributed by atoms with E-state index in [1.807, 2.05) is 30.3 Å². The highest BCUT2D eigenvalue weighted by Gasteiger charge is 2.29. The number of hydrogen-bond acceptors (Lipinski definition) is 6. The van der Waals surface area contributed by atoms with E-state index >= 15 is 0 Å². The highest BCUT2D eigenvalue weighted by molar-refractivity contribution is 6.37. The van der Waals surface area contributed by atoms with Gasteiger partial charge in [0.25, 0.3) is 5.91 Å². The van der Waals surface area contributed by atoms with Crippen LogP contribution in [0.15, 0.2) is 72.8 Å². The number of benzene rings is 3. The van der Waals surface area contributed by atoms with Crippen molar-refractivity contribution in [1.29, 1.82) is 0 Å². The van der Waals surface area contributed by atoms with E-state index in [4.69, 9.17) is 4.74 Å². The number of methoxy groups -OCH3 is 1. The third-order valence-corrected chi connectivity index (χ3v) is 6.34. The molecule has 0 saturated carbocycles. The predicted octanol–water partition coefficient (Wildman–Crippen LogP) is 3.81. The third kappa shape index (κ3) is 4.96. The lowest BCUT2D eigenvalue weighted by Gasteiger charge is -2.27. The number of carbonyl (C=O) groups excluding carboxylic acids is 2. The quantitative estimate of drug-likeness (QED) is 0.377. The normalized spacial score (nSPS) is 16.9. The van der Waals surface area contributed by atoms with Crippen molar-refractivity contribution < 1.29 is 14.3 Å². The van der Waals surface area contributed by atoms with E-state index < -0.39 is 5.97 Å². The predicted molar refractivity (Wildman–Crippen MR) is 138 cm³/mol. The number of amides is 1. The lowest BCUT2D eigenvalue weighted by molar-refractivity contribution is -0.110. The average molecular weight is 469 g/mol. The lowest BCUT2D eigenvalue weighted by atomic mass is 9.99. The number of nitrogens with one attached hydrogen (secondary N) is 3. The van der Waals surface area contributed by atoms with Crippen molar-refractivity contribution in [3.63, 3.8) is 0 Å². The molecule has 0 bridgehead atoms. The summed E-state index contributed by atoms with van der Waals surface area (Å²) in [6, 6.07) is 23.3. The Morgan fingerprint density at radius 3 is 2.43 bits per heavy atom. The van der Waals surface area contributed by atoms with Crippen molar-refractivity contribution in [1.82, 2.24) is 10.2 Å². The molecule has 5 rings (SSSR count). The first-order chi connectivity index (χ1) is 17.1. The van der Waals surface area contributed by atoms with Gasteiger partial charge in [-0.25, -0.2) is 4.79 Å². The molecule has 1 saturated heterocycles. The second-order valence-electron chi connectivity index (χ2n) is 8.67. The van der Waals surface area contributed by atoms with Crippen LogP contribution >= 0.6 is 0 Å². The van der Waals surface area contributed by atoms with Crippen LogP contribution in [0.5, 0.6) is 0 Å². The van der Waals surface area contributed by atoms with E-state index in [-0.39, 0.29) is 5.91 Å². The van der Waals surface area contributed by atoms with Crippen LogP contribution in [0.3, 0.4) is 0 Å². The van der Waals surface area contributed by atoms with Crippen molar-refractivity contribution in [2.45, 2.75) is 6.54 Å². The highest BCUT2D eigenvalue weighted by atomic mass is 16.5. The molecule has 0 atom stereocenters. The summed E-state index contributed by atoms with van der Waals surface area (Å²) in [6.45, 7) is 5.08. The molecule has 0 aliphatic carbocycles. The highest BCUT2D eigenvalue weighted by Crippen LogP contribution is 2.38. The Kier molecular flexibility index (Phi) is 6.61. The Morgan fingerprint density at radius 2 is 1.71 bits per heavy atom.